The lowest BCUT2D eigenvalue weighted by Gasteiger charge is -2.23. The number of hydrogen-bond donors (Lipinski definition) is 2. The molecule has 0 fully saturated rings. The molecule has 0 bridgehead atoms. The van der Waals surface area contributed by atoms with E-state index in [2.05, 4.69) is 5.32 Å². The van der Waals surface area contributed by atoms with Crippen molar-refractivity contribution in [2.24, 2.45) is 5.73 Å². The van der Waals surface area contributed by atoms with Crippen LogP contribution < -0.4 is 11.1 Å². The fourth-order valence-corrected chi connectivity index (χ4v) is 3.08. The number of amides is 1. The van der Waals surface area contributed by atoms with Crippen LogP contribution in [0.1, 0.15) is 22.8 Å². The van der Waals surface area contributed by atoms with Crippen molar-refractivity contribution < 1.29 is 14.3 Å². The van der Waals surface area contributed by atoms with Crippen LogP contribution in [0.3, 0.4) is 0 Å². The number of esters is 1. The van der Waals surface area contributed by atoms with E-state index < -0.39 is 24.0 Å². The highest BCUT2D eigenvalue weighted by Gasteiger charge is 2.27. The summed E-state index contributed by atoms with van der Waals surface area (Å²) in [4.78, 5) is 25.0. The van der Waals surface area contributed by atoms with Gasteiger partial charge in [-0.2, -0.15) is 0 Å². The summed E-state index contributed by atoms with van der Waals surface area (Å²) in [5.41, 5.74) is 8.07. The molecule has 0 aliphatic rings. The zero-order valence-corrected chi connectivity index (χ0v) is 16.0. The second-order valence-corrected chi connectivity index (χ2v) is 6.65. The van der Waals surface area contributed by atoms with Crippen LogP contribution in [0, 0.1) is 0 Å². The topological polar surface area (TPSA) is 81.4 Å². The van der Waals surface area contributed by atoms with Crippen LogP contribution in [-0.2, 0) is 20.7 Å². The van der Waals surface area contributed by atoms with E-state index in [1.807, 2.05) is 91.0 Å². The maximum Gasteiger partial charge on any atom is 0.329 e. The molecule has 0 aliphatic carbocycles. The van der Waals surface area contributed by atoms with Gasteiger partial charge in [-0.15, -0.1) is 0 Å². The highest BCUT2D eigenvalue weighted by Crippen LogP contribution is 2.26. The zero-order chi connectivity index (χ0) is 20.5. The maximum absolute atomic E-state index is 13.1. The number of ether oxygens (including phenoxy) is 1. The summed E-state index contributed by atoms with van der Waals surface area (Å²) >= 11 is 0. The Balaban J connectivity index is 1.85. The monoisotopic (exact) mass is 388 g/mol. The summed E-state index contributed by atoms with van der Waals surface area (Å²) < 4.78 is 5.91. The lowest BCUT2D eigenvalue weighted by molar-refractivity contribution is -0.151. The fourth-order valence-electron chi connectivity index (χ4n) is 3.08. The third kappa shape index (κ3) is 5.77. The third-order valence-electron chi connectivity index (χ3n) is 4.53. The Kier molecular flexibility index (Phi) is 7.14. The largest absolute Gasteiger partial charge is 0.451 e. The summed E-state index contributed by atoms with van der Waals surface area (Å²) in [7, 11) is 0. The smallest absolute Gasteiger partial charge is 0.329 e. The van der Waals surface area contributed by atoms with Crippen LogP contribution in [0.4, 0.5) is 0 Å². The molecule has 3 rings (SSSR count). The fraction of sp³-hybridized carbons (Fsp3) is 0.167. The Labute approximate surface area is 170 Å². The summed E-state index contributed by atoms with van der Waals surface area (Å²) in [6, 6.07) is 27.7. The van der Waals surface area contributed by atoms with Gasteiger partial charge in [-0.05, 0) is 16.7 Å². The van der Waals surface area contributed by atoms with E-state index in [1.54, 1.807) is 0 Å². The Hall–Kier alpha value is -3.44. The zero-order valence-electron chi connectivity index (χ0n) is 16.0. The van der Waals surface area contributed by atoms with Crippen molar-refractivity contribution in [1.82, 2.24) is 5.32 Å². The maximum atomic E-state index is 13.1. The molecule has 0 radical (unpaired) electrons. The molecule has 0 saturated carbocycles. The molecule has 3 aromatic rings. The number of carbonyl (C=O) groups is 2. The normalized spacial score (nSPS) is 11.7. The lowest BCUT2D eigenvalue weighted by atomic mass is 10.0. The molecule has 0 heterocycles. The van der Waals surface area contributed by atoms with Crippen LogP contribution in [-0.4, -0.2) is 24.5 Å². The second-order valence-electron chi connectivity index (χ2n) is 6.65. The number of benzene rings is 3. The number of nitrogens with one attached hydrogen (secondary N) is 1. The molecule has 5 nitrogen and oxygen atoms in total. The van der Waals surface area contributed by atoms with Gasteiger partial charge in [0, 0.05) is 6.42 Å². The van der Waals surface area contributed by atoms with E-state index in [0.717, 1.165) is 16.7 Å². The number of carbonyl (C=O) groups excluding carboxylic acids is 2. The predicted molar refractivity (Wildman–Crippen MR) is 112 cm³/mol. The number of rotatable bonds is 8. The average molecular weight is 388 g/mol. The van der Waals surface area contributed by atoms with Crippen molar-refractivity contribution >= 4 is 11.9 Å². The Morgan fingerprint density at radius 1 is 0.793 bits per heavy atom. The summed E-state index contributed by atoms with van der Waals surface area (Å²) in [6.45, 7) is -0.195. The molecule has 3 aromatic carbocycles. The standard InChI is InChI=1S/C24H24N2O3/c25-17-22(27)26-21(16-18-10-4-1-5-11-18)24(28)29-23(19-12-6-2-7-13-19)20-14-8-3-9-15-20/h1-15,21,23H,16-17,25H2,(H,26,27)/t21-/m0/s1. The number of hydrogen-bond acceptors (Lipinski definition) is 4. The molecule has 0 aromatic heterocycles. The highest BCUT2D eigenvalue weighted by atomic mass is 16.5. The second kappa shape index (κ2) is 10.2. The van der Waals surface area contributed by atoms with E-state index in [1.165, 1.54) is 0 Å². The van der Waals surface area contributed by atoms with E-state index in [9.17, 15) is 9.59 Å². The molecular weight excluding hydrogens is 364 g/mol. The third-order valence-corrected chi connectivity index (χ3v) is 4.53. The quantitative estimate of drug-likeness (QED) is 0.581. The first-order valence-electron chi connectivity index (χ1n) is 9.51. The van der Waals surface area contributed by atoms with Crippen molar-refractivity contribution in [3.8, 4) is 0 Å². The van der Waals surface area contributed by atoms with Crippen LogP contribution >= 0.6 is 0 Å². The number of nitrogens with two attached hydrogens (primary N) is 1. The van der Waals surface area contributed by atoms with Crippen LogP contribution in [0.15, 0.2) is 91.0 Å². The van der Waals surface area contributed by atoms with Gasteiger partial charge in [-0.1, -0.05) is 91.0 Å². The summed E-state index contributed by atoms with van der Waals surface area (Å²) in [5.74, 6) is -0.910. The molecule has 5 heteroatoms. The van der Waals surface area contributed by atoms with E-state index in [4.69, 9.17) is 10.5 Å². The van der Waals surface area contributed by atoms with Crippen molar-refractivity contribution in [2.75, 3.05) is 6.54 Å². The molecule has 1 amide bonds. The van der Waals surface area contributed by atoms with Gasteiger partial charge >= 0.3 is 5.97 Å². The molecule has 148 valence electrons. The van der Waals surface area contributed by atoms with Gasteiger partial charge < -0.3 is 15.8 Å². The molecular formula is C24H24N2O3. The first kappa shape index (κ1) is 20.3. The van der Waals surface area contributed by atoms with Gasteiger partial charge in [0.25, 0.3) is 0 Å². The Morgan fingerprint density at radius 2 is 1.28 bits per heavy atom. The van der Waals surface area contributed by atoms with Crippen LogP contribution in [0.5, 0.6) is 0 Å². The molecule has 0 spiro atoms. The van der Waals surface area contributed by atoms with Crippen molar-refractivity contribution in [3.63, 3.8) is 0 Å². The first-order valence-corrected chi connectivity index (χ1v) is 9.51. The first-order chi connectivity index (χ1) is 14.2. The molecule has 0 aliphatic heterocycles. The molecule has 0 saturated heterocycles. The minimum absolute atomic E-state index is 0.195. The minimum Gasteiger partial charge on any atom is -0.451 e. The van der Waals surface area contributed by atoms with Crippen molar-refractivity contribution in [1.29, 1.82) is 0 Å². The molecule has 29 heavy (non-hydrogen) atoms. The highest BCUT2D eigenvalue weighted by molar-refractivity contribution is 5.85. The van der Waals surface area contributed by atoms with Crippen molar-refractivity contribution in [3.05, 3.63) is 108 Å². The van der Waals surface area contributed by atoms with Gasteiger partial charge in [0.15, 0.2) is 6.10 Å². The van der Waals surface area contributed by atoms with Gasteiger partial charge in [0.05, 0.1) is 6.54 Å². The summed E-state index contributed by atoms with van der Waals surface area (Å²) in [5, 5.41) is 2.68. The van der Waals surface area contributed by atoms with E-state index in [-0.39, 0.29) is 6.54 Å². The SMILES string of the molecule is NCC(=O)N[C@@H](Cc1ccccc1)C(=O)OC(c1ccccc1)c1ccccc1. The van der Waals surface area contributed by atoms with Gasteiger partial charge in [-0.25, -0.2) is 4.79 Å². The van der Waals surface area contributed by atoms with E-state index >= 15 is 0 Å². The Bertz CT molecular complexity index is 875. The summed E-state index contributed by atoms with van der Waals surface area (Å²) in [6.07, 6.45) is -0.250. The van der Waals surface area contributed by atoms with E-state index in [0.29, 0.717) is 6.42 Å². The van der Waals surface area contributed by atoms with Crippen LogP contribution in [0.25, 0.3) is 0 Å². The molecule has 1 atom stereocenters. The molecule has 3 N–H and O–H groups in total. The van der Waals surface area contributed by atoms with Gasteiger partial charge in [-0.3, -0.25) is 4.79 Å². The lowest BCUT2D eigenvalue weighted by Crippen LogP contribution is -2.46. The van der Waals surface area contributed by atoms with Crippen molar-refractivity contribution in [2.45, 2.75) is 18.6 Å². The minimum atomic E-state index is -0.830. The van der Waals surface area contributed by atoms with Crippen LogP contribution in [0.2, 0.25) is 0 Å². The average Bonchev–Trinajstić information content (AvgIpc) is 2.78. The molecule has 0 unspecified atom stereocenters. The van der Waals surface area contributed by atoms with Gasteiger partial charge in [0.1, 0.15) is 6.04 Å². The Morgan fingerprint density at radius 3 is 1.76 bits per heavy atom. The predicted octanol–water partition coefficient (Wildman–Crippen LogP) is 3.01. The van der Waals surface area contributed by atoms with Gasteiger partial charge in [0.2, 0.25) is 5.91 Å².